The Labute approximate surface area is 111 Å². The van der Waals surface area contributed by atoms with Gasteiger partial charge in [0.2, 0.25) is 0 Å². The van der Waals surface area contributed by atoms with Crippen molar-refractivity contribution in [3.05, 3.63) is 22.7 Å². The van der Waals surface area contributed by atoms with Crippen LogP contribution in [0, 0.1) is 0 Å². The molecule has 1 fully saturated rings. The number of nitrogens with two attached hydrogens (primary N) is 1. The minimum Gasteiger partial charge on any atom is -0.368 e. The molecular weight excluding hydrogens is 242 g/mol. The van der Waals surface area contributed by atoms with Gasteiger partial charge < -0.3 is 15.6 Å². The molecule has 0 aromatic carbocycles. The predicted octanol–water partition coefficient (Wildman–Crippen LogP) is 0.579. The van der Waals surface area contributed by atoms with Crippen LogP contribution in [0.1, 0.15) is 19.3 Å². The molecule has 0 aliphatic carbocycles. The third kappa shape index (κ3) is 2.12. The number of anilines is 1. The van der Waals surface area contributed by atoms with Gasteiger partial charge in [-0.1, -0.05) is 6.42 Å². The standard InChI is InChI=1S/C13H19N5O/c1-17-12-11(16-13(17)19)10(5-6-15-12)18-7-3-2-4-9(14)8-18/h5-6,9H,2-4,7-8,14H2,1H3,(H,16,19). The topological polar surface area (TPSA) is 79.9 Å². The third-order valence-corrected chi connectivity index (χ3v) is 3.81. The summed E-state index contributed by atoms with van der Waals surface area (Å²) in [5.74, 6) is 0. The van der Waals surface area contributed by atoms with Gasteiger partial charge in [-0.05, 0) is 18.9 Å². The van der Waals surface area contributed by atoms with Crippen LogP contribution in [-0.4, -0.2) is 33.7 Å². The fourth-order valence-electron chi connectivity index (χ4n) is 2.76. The molecule has 3 rings (SSSR count). The Morgan fingerprint density at radius 2 is 2.32 bits per heavy atom. The molecule has 1 aliphatic heterocycles. The molecule has 3 heterocycles. The van der Waals surface area contributed by atoms with Crippen molar-refractivity contribution in [1.29, 1.82) is 0 Å². The zero-order valence-electron chi connectivity index (χ0n) is 11.1. The molecule has 1 saturated heterocycles. The van der Waals surface area contributed by atoms with Crippen LogP contribution in [0.4, 0.5) is 5.69 Å². The summed E-state index contributed by atoms with van der Waals surface area (Å²) in [6, 6.07) is 2.15. The molecule has 0 amide bonds. The Balaban J connectivity index is 2.09. The van der Waals surface area contributed by atoms with E-state index in [9.17, 15) is 4.79 Å². The molecule has 102 valence electrons. The lowest BCUT2D eigenvalue weighted by Gasteiger charge is -2.25. The normalized spacial score (nSPS) is 20.7. The molecule has 6 heteroatoms. The van der Waals surface area contributed by atoms with Crippen LogP contribution in [0.3, 0.4) is 0 Å². The van der Waals surface area contributed by atoms with Crippen molar-refractivity contribution in [2.75, 3.05) is 18.0 Å². The minimum absolute atomic E-state index is 0.130. The van der Waals surface area contributed by atoms with Gasteiger partial charge in [0.05, 0.1) is 5.69 Å². The maximum Gasteiger partial charge on any atom is 0.327 e. The van der Waals surface area contributed by atoms with E-state index in [1.165, 1.54) is 4.57 Å². The summed E-state index contributed by atoms with van der Waals surface area (Å²) < 4.78 is 1.54. The number of aromatic amines is 1. The van der Waals surface area contributed by atoms with E-state index in [0.717, 1.165) is 43.6 Å². The molecule has 1 atom stereocenters. The lowest BCUT2D eigenvalue weighted by Crippen LogP contribution is -2.36. The van der Waals surface area contributed by atoms with E-state index in [1.807, 2.05) is 6.07 Å². The second kappa shape index (κ2) is 4.70. The Hall–Kier alpha value is -1.82. The molecule has 3 N–H and O–H groups in total. The maximum atomic E-state index is 11.7. The van der Waals surface area contributed by atoms with Gasteiger partial charge in [-0.2, -0.15) is 0 Å². The summed E-state index contributed by atoms with van der Waals surface area (Å²) in [6.07, 6.45) is 5.11. The van der Waals surface area contributed by atoms with Crippen LogP contribution in [0.15, 0.2) is 17.1 Å². The van der Waals surface area contributed by atoms with Gasteiger partial charge in [-0.25, -0.2) is 9.78 Å². The molecule has 19 heavy (non-hydrogen) atoms. The highest BCUT2D eigenvalue weighted by Gasteiger charge is 2.19. The van der Waals surface area contributed by atoms with Crippen molar-refractivity contribution < 1.29 is 0 Å². The number of pyridine rings is 1. The number of hydrogen-bond acceptors (Lipinski definition) is 4. The van der Waals surface area contributed by atoms with Gasteiger partial charge in [0.1, 0.15) is 5.52 Å². The van der Waals surface area contributed by atoms with Gasteiger partial charge >= 0.3 is 5.69 Å². The van der Waals surface area contributed by atoms with E-state index in [1.54, 1.807) is 13.2 Å². The highest BCUT2D eigenvalue weighted by atomic mass is 16.1. The largest absolute Gasteiger partial charge is 0.368 e. The fraction of sp³-hybridized carbons (Fsp3) is 0.538. The number of hydrogen-bond donors (Lipinski definition) is 2. The molecule has 2 aromatic heterocycles. The van der Waals surface area contributed by atoms with Crippen molar-refractivity contribution in [3.63, 3.8) is 0 Å². The predicted molar refractivity (Wildman–Crippen MR) is 75.4 cm³/mol. The molecule has 0 radical (unpaired) electrons. The summed E-state index contributed by atoms with van der Waals surface area (Å²) in [5.41, 5.74) is 8.51. The number of aromatic nitrogens is 3. The smallest absolute Gasteiger partial charge is 0.327 e. The summed E-state index contributed by atoms with van der Waals surface area (Å²) in [4.78, 5) is 21.2. The Kier molecular flexibility index (Phi) is 3.02. The maximum absolute atomic E-state index is 11.7. The first kappa shape index (κ1) is 12.2. The first-order valence-electron chi connectivity index (χ1n) is 6.71. The highest BCUT2D eigenvalue weighted by molar-refractivity contribution is 5.85. The molecule has 1 unspecified atom stereocenters. The molecular formula is C13H19N5O. The number of fused-ring (bicyclic) bond motifs is 1. The van der Waals surface area contributed by atoms with Crippen LogP contribution in [0.5, 0.6) is 0 Å². The number of nitrogens with one attached hydrogen (secondary N) is 1. The zero-order chi connectivity index (χ0) is 13.4. The first-order valence-corrected chi connectivity index (χ1v) is 6.71. The van der Waals surface area contributed by atoms with E-state index in [2.05, 4.69) is 14.9 Å². The summed E-state index contributed by atoms with van der Waals surface area (Å²) in [5, 5.41) is 0. The van der Waals surface area contributed by atoms with E-state index in [-0.39, 0.29) is 11.7 Å². The van der Waals surface area contributed by atoms with Crippen molar-refractivity contribution in [2.24, 2.45) is 12.8 Å². The Morgan fingerprint density at radius 3 is 3.16 bits per heavy atom. The van der Waals surface area contributed by atoms with Gasteiger partial charge in [0.25, 0.3) is 0 Å². The van der Waals surface area contributed by atoms with Crippen molar-refractivity contribution in [3.8, 4) is 0 Å². The van der Waals surface area contributed by atoms with Crippen LogP contribution in [0.2, 0.25) is 0 Å². The second-order valence-electron chi connectivity index (χ2n) is 5.22. The van der Waals surface area contributed by atoms with E-state index >= 15 is 0 Å². The van der Waals surface area contributed by atoms with Crippen LogP contribution in [0.25, 0.3) is 11.2 Å². The van der Waals surface area contributed by atoms with Gasteiger partial charge in [0, 0.05) is 32.4 Å². The van der Waals surface area contributed by atoms with Crippen LogP contribution >= 0.6 is 0 Å². The van der Waals surface area contributed by atoms with Crippen LogP contribution in [-0.2, 0) is 7.05 Å². The van der Waals surface area contributed by atoms with Gasteiger partial charge in [-0.15, -0.1) is 0 Å². The number of H-pyrrole nitrogens is 1. The second-order valence-corrected chi connectivity index (χ2v) is 5.22. The van der Waals surface area contributed by atoms with Crippen molar-refractivity contribution in [1.82, 2.24) is 14.5 Å². The van der Waals surface area contributed by atoms with E-state index < -0.39 is 0 Å². The average Bonchev–Trinajstić information content (AvgIpc) is 2.58. The number of imidazole rings is 1. The molecule has 6 nitrogen and oxygen atoms in total. The third-order valence-electron chi connectivity index (χ3n) is 3.81. The highest BCUT2D eigenvalue weighted by Crippen LogP contribution is 2.24. The first-order chi connectivity index (χ1) is 9.16. The van der Waals surface area contributed by atoms with Crippen molar-refractivity contribution >= 4 is 16.9 Å². The molecule has 0 spiro atoms. The SMILES string of the molecule is Cn1c(=O)[nH]c2c(N3CCCCC(N)C3)ccnc21. The summed E-state index contributed by atoms with van der Waals surface area (Å²) in [6.45, 7) is 1.81. The number of rotatable bonds is 1. The summed E-state index contributed by atoms with van der Waals surface area (Å²) >= 11 is 0. The Morgan fingerprint density at radius 1 is 1.47 bits per heavy atom. The molecule has 1 aliphatic rings. The van der Waals surface area contributed by atoms with Crippen LogP contribution < -0.4 is 16.3 Å². The molecule has 0 saturated carbocycles. The average molecular weight is 261 g/mol. The summed E-state index contributed by atoms with van der Waals surface area (Å²) in [7, 11) is 1.73. The van der Waals surface area contributed by atoms with Gasteiger partial charge in [-0.3, -0.25) is 4.57 Å². The van der Waals surface area contributed by atoms with E-state index in [0.29, 0.717) is 5.65 Å². The quantitative estimate of drug-likeness (QED) is 0.787. The number of nitrogens with zero attached hydrogens (tertiary/aromatic N) is 3. The van der Waals surface area contributed by atoms with Gasteiger partial charge in [0.15, 0.2) is 5.65 Å². The van der Waals surface area contributed by atoms with Crippen molar-refractivity contribution in [2.45, 2.75) is 25.3 Å². The zero-order valence-corrected chi connectivity index (χ0v) is 11.1. The lowest BCUT2D eigenvalue weighted by atomic mass is 10.2. The lowest BCUT2D eigenvalue weighted by molar-refractivity contribution is 0.621. The fourth-order valence-corrected chi connectivity index (χ4v) is 2.76. The van der Waals surface area contributed by atoms with E-state index in [4.69, 9.17) is 5.73 Å². The number of aryl methyl sites for hydroxylation is 1. The Bertz CT molecular complexity index is 644. The molecule has 2 aromatic rings. The molecule has 0 bridgehead atoms. The minimum atomic E-state index is -0.130. The monoisotopic (exact) mass is 261 g/mol.